The molecule has 6 heteroatoms. The summed E-state index contributed by atoms with van der Waals surface area (Å²) in [6, 6.07) is 8.75. The molecule has 19 heavy (non-hydrogen) atoms. The molecular formula is C13H12FN3O2. The van der Waals surface area contributed by atoms with E-state index >= 15 is 0 Å². The average molecular weight is 261 g/mol. The molecule has 0 bridgehead atoms. The van der Waals surface area contributed by atoms with Crippen LogP contribution >= 0.6 is 0 Å². The average Bonchev–Trinajstić information content (AvgIpc) is 2.42. The van der Waals surface area contributed by atoms with Crippen molar-refractivity contribution in [2.45, 2.75) is 0 Å². The van der Waals surface area contributed by atoms with Crippen molar-refractivity contribution in [1.29, 1.82) is 0 Å². The Morgan fingerprint density at radius 3 is 2.84 bits per heavy atom. The van der Waals surface area contributed by atoms with Crippen LogP contribution in [0.25, 0.3) is 0 Å². The Morgan fingerprint density at radius 1 is 1.32 bits per heavy atom. The monoisotopic (exact) mass is 261 g/mol. The van der Waals surface area contributed by atoms with E-state index in [1.54, 1.807) is 18.2 Å². The van der Waals surface area contributed by atoms with E-state index in [1.807, 2.05) is 0 Å². The Bertz CT molecular complexity index is 590. The van der Waals surface area contributed by atoms with Crippen molar-refractivity contribution in [3.8, 4) is 11.5 Å². The molecule has 1 heterocycles. The van der Waals surface area contributed by atoms with Gasteiger partial charge in [-0.05, 0) is 18.2 Å². The highest BCUT2D eigenvalue weighted by molar-refractivity contribution is 5.88. The second-order valence-electron chi connectivity index (χ2n) is 3.61. The van der Waals surface area contributed by atoms with Crippen molar-refractivity contribution < 1.29 is 13.9 Å². The summed E-state index contributed by atoms with van der Waals surface area (Å²) in [6.07, 6.45) is 1.46. The first kappa shape index (κ1) is 12.8. The van der Waals surface area contributed by atoms with Crippen LogP contribution < -0.4 is 15.4 Å². The van der Waals surface area contributed by atoms with Crippen LogP contribution in [0.2, 0.25) is 0 Å². The SMILES string of the molecule is CNC(=O)Nc1cc(Oc2ccccc2F)ccn1. The van der Waals surface area contributed by atoms with Gasteiger partial charge in [0, 0.05) is 19.3 Å². The third-order valence-corrected chi connectivity index (χ3v) is 2.26. The van der Waals surface area contributed by atoms with Crippen molar-refractivity contribution in [2.24, 2.45) is 0 Å². The summed E-state index contributed by atoms with van der Waals surface area (Å²) in [6.45, 7) is 0. The Kier molecular flexibility index (Phi) is 3.92. The van der Waals surface area contributed by atoms with Crippen molar-refractivity contribution in [3.63, 3.8) is 0 Å². The third kappa shape index (κ3) is 3.41. The number of anilines is 1. The molecule has 2 N–H and O–H groups in total. The van der Waals surface area contributed by atoms with E-state index in [-0.39, 0.29) is 5.75 Å². The zero-order chi connectivity index (χ0) is 13.7. The van der Waals surface area contributed by atoms with Gasteiger partial charge in [0.2, 0.25) is 0 Å². The molecule has 0 unspecified atom stereocenters. The number of ether oxygens (including phenoxy) is 1. The van der Waals surface area contributed by atoms with Gasteiger partial charge >= 0.3 is 6.03 Å². The fraction of sp³-hybridized carbons (Fsp3) is 0.0769. The van der Waals surface area contributed by atoms with E-state index < -0.39 is 11.8 Å². The van der Waals surface area contributed by atoms with Gasteiger partial charge in [0.05, 0.1) is 0 Å². The molecule has 1 aromatic heterocycles. The molecule has 2 aromatic rings. The van der Waals surface area contributed by atoms with Crippen molar-refractivity contribution in [1.82, 2.24) is 10.3 Å². The number of urea groups is 1. The minimum absolute atomic E-state index is 0.111. The van der Waals surface area contributed by atoms with E-state index in [0.717, 1.165) is 0 Å². The number of amides is 2. The summed E-state index contributed by atoms with van der Waals surface area (Å²) >= 11 is 0. The standard InChI is InChI=1S/C13H12FN3O2/c1-15-13(18)17-12-8-9(6-7-16-12)19-11-5-3-2-4-10(11)14/h2-8H,1H3,(H2,15,16,17,18). The molecule has 0 aliphatic rings. The number of hydrogen-bond acceptors (Lipinski definition) is 3. The Labute approximate surface area is 109 Å². The van der Waals surface area contributed by atoms with E-state index in [9.17, 15) is 9.18 Å². The Hall–Kier alpha value is -2.63. The number of carbonyl (C=O) groups excluding carboxylic acids is 1. The van der Waals surface area contributed by atoms with Crippen LogP contribution in [-0.4, -0.2) is 18.1 Å². The summed E-state index contributed by atoms with van der Waals surface area (Å²) in [5, 5.41) is 4.90. The number of carbonyl (C=O) groups is 1. The molecule has 5 nitrogen and oxygen atoms in total. The number of aromatic nitrogens is 1. The second-order valence-corrected chi connectivity index (χ2v) is 3.61. The second kappa shape index (κ2) is 5.81. The maximum atomic E-state index is 13.4. The van der Waals surface area contributed by atoms with Gasteiger partial charge in [0.1, 0.15) is 11.6 Å². The van der Waals surface area contributed by atoms with Crippen molar-refractivity contribution >= 4 is 11.8 Å². The van der Waals surface area contributed by atoms with Crippen LogP contribution in [0.3, 0.4) is 0 Å². The molecule has 1 aromatic carbocycles. The number of pyridine rings is 1. The van der Waals surface area contributed by atoms with Crippen molar-refractivity contribution in [2.75, 3.05) is 12.4 Å². The lowest BCUT2D eigenvalue weighted by Crippen LogP contribution is -2.24. The molecule has 0 spiro atoms. The molecular weight excluding hydrogens is 249 g/mol. The maximum Gasteiger partial charge on any atom is 0.320 e. The van der Waals surface area contributed by atoms with Gasteiger partial charge in [-0.2, -0.15) is 0 Å². The molecule has 0 aliphatic carbocycles. The smallest absolute Gasteiger partial charge is 0.320 e. The summed E-state index contributed by atoms with van der Waals surface area (Å²) in [5.74, 6) is 0.347. The number of nitrogens with zero attached hydrogens (tertiary/aromatic N) is 1. The minimum Gasteiger partial charge on any atom is -0.454 e. The molecule has 0 aliphatic heterocycles. The number of rotatable bonds is 3. The summed E-state index contributed by atoms with van der Waals surface area (Å²) in [4.78, 5) is 15.1. The zero-order valence-corrected chi connectivity index (χ0v) is 10.2. The third-order valence-electron chi connectivity index (χ3n) is 2.26. The molecule has 0 saturated carbocycles. The molecule has 0 saturated heterocycles. The molecule has 2 rings (SSSR count). The van der Waals surface area contributed by atoms with E-state index in [2.05, 4.69) is 15.6 Å². The van der Waals surface area contributed by atoms with Gasteiger partial charge < -0.3 is 10.1 Å². The Morgan fingerprint density at radius 2 is 2.11 bits per heavy atom. The van der Waals surface area contributed by atoms with Crippen LogP contribution in [0.1, 0.15) is 0 Å². The van der Waals surface area contributed by atoms with Gasteiger partial charge in [-0.3, -0.25) is 5.32 Å². The summed E-state index contributed by atoms with van der Waals surface area (Å²) in [5.41, 5.74) is 0. The number of nitrogens with one attached hydrogen (secondary N) is 2. The lowest BCUT2D eigenvalue weighted by atomic mass is 10.3. The van der Waals surface area contributed by atoms with E-state index in [0.29, 0.717) is 11.6 Å². The quantitative estimate of drug-likeness (QED) is 0.893. The highest BCUT2D eigenvalue weighted by Crippen LogP contribution is 2.24. The highest BCUT2D eigenvalue weighted by Gasteiger charge is 2.05. The van der Waals surface area contributed by atoms with Gasteiger partial charge in [0.25, 0.3) is 0 Å². The molecule has 0 radical (unpaired) electrons. The predicted octanol–water partition coefficient (Wildman–Crippen LogP) is 2.76. The minimum atomic E-state index is -0.458. The lowest BCUT2D eigenvalue weighted by Gasteiger charge is -2.08. The number of para-hydroxylation sites is 1. The van der Waals surface area contributed by atoms with Crippen LogP contribution in [0, 0.1) is 5.82 Å². The van der Waals surface area contributed by atoms with Gasteiger partial charge in [-0.25, -0.2) is 14.2 Å². The zero-order valence-electron chi connectivity index (χ0n) is 10.2. The van der Waals surface area contributed by atoms with Crippen LogP contribution in [-0.2, 0) is 0 Å². The first-order valence-corrected chi connectivity index (χ1v) is 5.56. The Balaban J connectivity index is 2.15. The topological polar surface area (TPSA) is 63.2 Å². The van der Waals surface area contributed by atoms with Crippen LogP contribution in [0.4, 0.5) is 15.0 Å². The normalized spacial score (nSPS) is 9.79. The first-order valence-electron chi connectivity index (χ1n) is 5.56. The lowest BCUT2D eigenvalue weighted by molar-refractivity contribution is 0.254. The maximum absolute atomic E-state index is 13.4. The van der Waals surface area contributed by atoms with Crippen molar-refractivity contribution in [3.05, 3.63) is 48.4 Å². The van der Waals surface area contributed by atoms with Gasteiger partial charge in [0.15, 0.2) is 11.6 Å². The predicted molar refractivity (Wildman–Crippen MR) is 68.8 cm³/mol. The number of benzene rings is 1. The van der Waals surface area contributed by atoms with Gasteiger partial charge in [-0.1, -0.05) is 12.1 Å². The molecule has 0 fully saturated rings. The number of halogens is 1. The molecule has 2 amide bonds. The van der Waals surface area contributed by atoms with Gasteiger partial charge in [-0.15, -0.1) is 0 Å². The highest BCUT2D eigenvalue weighted by atomic mass is 19.1. The summed E-state index contributed by atoms with van der Waals surface area (Å²) < 4.78 is 18.8. The van der Waals surface area contributed by atoms with E-state index in [4.69, 9.17) is 4.74 Å². The number of hydrogen-bond donors (Lipinski definition) is 2. The van der Waals surface area contributed by atoms with Crippen LogP contribution in [0.15, 0.2) is 42.6 Å². The van der Waals surface area contributed by atoms with E-state index in [1.165, 1.54) is 31.4 Å². The largest absolute Gasteiger partial charge is 0.454 e. The molecule has 0 atom stereocenters. The molecule has 98 valence electrons. The first-order chi connectivity index (χ1) is 9.19. The fourth-order valence-electron chi connectivity index (χ4n) is 1.38. The fourth-order valence-corrected chi connectivity index (χ4v) is 1.38. The van der Waals surface area contributed by atoms with Crippen LogP contribution in [0.5, 0.6) is 11.5 Å². The summed E-state index contributed by atoms with van der Waals surface area (Å²) in [7, 11) is 1.50.